The third-order valence-electron chi connectivity index (χ3n) is 3.36. The van der Waals surface area contributed by atoms with E-state index < -0.39 is 5.91 Å². The fraction of sp³-hybridized carbons (Fsp3) is 0.214. The predicted octanol–water partition coefficient (Wildman–Crippen LogP) is 1.40. The minimum Gasteiger partial charge on any atom is -0.493 e. The van der Waals surface area contributed by atoms with Crippen molar-refractivity contribution in [2.75, 3.05) is 19.1 Å². The van der Waals surface area contributed by atoms with Crippen LogP contribution in [0.4, 0.5) is 5.82 Å². The Hall–Kier alpha value is -2.83. The van der Waals surface area contributed by atoms with E-state index in [0.717, 1.165) is 4.90 Å². The number of aromatic amines is 1. The van der Waals surface area contributed by atoms with Crippen LogP contribution in [0.25, 0.3) is 10.9 Å². The van der Waals surface area contributed by atoms with Crippen molar-refractivity contribution in [3.63, 3.8) is 0 Å². The molecule has 2 heterocycles. The quantitative estimate of drug-likeness (QED) is 0.862. The molecule has 0 spiro atoms. The van der Waals surface area contributed by atoms with Crippen molar-refractivity contribution < 1.29 is 19.1 Å². The molecule has 1 aliphatic heterocycles. The molecule has 0 bridgehead atoms. The van der Waals surface area contributed by atoms with Crippen LogP contribution >= 0.6 is 0 Å². The first-order valence-electron chi connectivity index (χ1n) is 6.23. The number of methoxy groups -OCH3 is 2. The molecule has 7 heteroatoms. The molecule has 108 valence electrons. The number of imide groups is 1. The maximum atomic E-state index is 12.1. The number of carbonyl (C=O) groups is 2. The van der Waals surface area contributed by atoms with Gasteiger partial charge in [-0.1, -0.05) is 0 Å². The minimum absolute atomic E-state index is 0.258. The summed E-state index contributed by atoms with van der Waals surface area (Å²) in [4.78, 5) is 25.0. The molecule has 21 heavy (non-hydrogen) atoms. The fourth-order valence-electron chi connectivity index (χ4n) is 2.29. The highest BCUT2D eigenvalue weighted by Gasteiger charge is 2.33. The van der Waals surface area contributed by atoms with Gasteiger partial charge in [0.2, 0.25) is 0 Å². The molecule has 0 fully saturated rings. The highest BCUT2D eigenvalue weighted by molar-refractivity contribution is 6.31. The molecular weight excluding hydrogens is 274 g/mol. The van der Waals surface area contributed by atoms with Crippen LogP contribution in [0.2, 0.25) is 0 Å². The summed E-state index contributed by atoms with van der Waals surface area (Å²) in [5, 5.41) is 7.48. The molecule has 0 radical (unpaired) electrons. The summed E-state index contributed by atoms with van der Waals surface area (Å²) in [5.74, 6) is 0.517. The summed E-state index contributed by atoms with van der Waals surface area (Å²) >= 11 is 0. The van der Waals surface area contributed by atoms with Gasteiger partial charge in [-0.25, -0.2) is 4.90 Å². The highest BCUT2D eigenvalue weighted by atomic mass is 16.5. The number of hydrogen-bond acceptors (Lipinski definition) is 5. The maximum Gasteiger partial charge on any atom is 0.262 e. The van der Waals surface area contributed by atoms with Gasteiger partial charge in [0.15, 0.2) is 17.3 Å². The Bertz CT molecular complexity index is 791. The monoisotopic (exact) mass is 287 g/mol. The average Bonchev–Trinajstić information content (AvgIpc) is 2.98. The van der Waals surface area contributed by atoms with Gasteiger partial charge in [0.05, 0.1) is 19.7 Å². The Morgan fingerprint density at radius 2 is 1.81 bits per heavy atom. The predicted molar refractivity (Wildman–Crippen MR) is 75.4 cm³/mol. The third kappa shape index (κ3) is 1.85. The van der Waals surface area contributed by atoms with E-state index >= 15 is 0 Å². The maximum absolute atomic E-state index is 12.1. The number of ether oxygens (including phenoxy) is 2. The number of amides is 2. The van der Waals surface area contributed by atoms with Gasteiger partial charge < -0.3 is 9.47 Å². The number of rotatable bonds is 3. The molecule has 1 aromatic heterocycles. The van der Waals surface area contributed by atoms with Gasteiger partial charge in [-0.2, -0.15) is 5.10 Å². The summed E-state index contributed by atoms with van der Waals surface area (Å²) in [6, 6.07) is 3.39. The molecule has 7 nitrogen and oxygen atoms in total. The largest absolute Gasteiger partial charge is 0.493 e. The van der Waals surface area contributed by atoms with Crippen LogP contribution in [-0.2, 0) is 9.59 Å². The number of carbonyl (C=O) groups excluding carboxylic acids is 2. The van der Waals surface area contributed by atoms with Crippen LogP contribution in [0.5, 0.6) is 11.5 Å². The first-order chi connectivity index (χ1) is 10.1. The summed E-state index contributed by atoms with van der Waals surface area (Å²) in [6.07, 6.45) is 1.30. The average molecular weight is 287 g/mol. The summed E-state index contributed by atoms with van der Waals surface area (Å²) in [5.41, 5.74) is 1.03. The van der Waals surface area contributed by atoms with Crippen molar-refractivity contribution in [2.24, 2.45) is 0 Å². The highest BCUT2D eigenvalue weighted by Crippen LogP contribution is 2.36. The van der Waals surface area contributed by atoms with Crippen LogP contribution in [0, 0.1) is 0 Å². The topological polar surface area (TPSA) is 84.5 Å². The number of benzene rings is 1. The van der Waals surface area contributed by atoms with Crippen molar-refractivity contribution in [1.29, 1.82) is 0 Å². The molecule has 0 unspecified atom stereocenters. The molecule has 0 saturated carbocycles. The first-order valence-corrected chi connectivity index (χ1v) is 6.23. The molecule has 1 aromatic carbocycles. The number of nitrogens with zero attached hydrogens (tertiary/aromatic N) is 2. The van der Waals surface area contributed by atoms with Gasteiger partial charge in [0.25, 0.3) is 11.8 Å². The Kier molecular flexibility index (Phi) is 2.90. The molecule has 0 aliphatic carbocycles. The Balaban J connectivity index is 2.17. The lowest BCUT2D eigenvalue weighted by molar-refractivity contribution is -0.120. The zero-order valence-electron chi connectivity index (χ0n) is 11.8. The van der Waals surface area contributed by atoms with E-state index in [9.17, 15) is 9.59 Å². The summed E-state index contributed by atoms with van der Waals surface area (Å²) in [7, 11) is 3.04. The number of aromatic nitrogens is 2. The third-order valence-corrected chi connectivity index (χ3v) is 3.36. The van der Waals surface area contributed by atoms with Gasteiger partial charge in [-0.05, 0) is 13.0 Å². The minimum atomic E-state index is -0.402. The lowest BCUT2D eigenvalue weighted by atomic mass is 10.2. The standard InChI is InChI=1S/C14H13N3O4/c1-7-4-12(18)17(14(7)19)13-8-5-10(20-2)11(21-3)6-9(8)15-16-13/h4-6H,1-3H3,(H,15,16). The molecule has 2 amide bonds. The number of H-pyrrole nitrogens is 1. The van der Waals surface area contributed by atoms with E-state index in [1.54, 1.807) is 19.1 Å². The second-order valence-electron chi connectivity index (χ2n) is 4.61. The zero-order chi connectivity index (χ0) is 15.1. The number of hydrogen-bond donors (Lipinski definition) is 1. The number of fused-ring (bicyclic) bond motifs is 1. The molecule has 3 rings (SSSR count). The van der Waals surface area contributed by atoms with Crippen molar-refractivity contribution in [3.8, 4) is 11.5 Å². The van der Waals surface area contributed by atoms with Crippen LogP contribution in [0.1, 0.15) is 6.92 Å². The second-order valence-corrected chi connectivity index (χ2v) is 4.61. The summed E-state index contributed by atoms with van der Waals surface area (Å²) in [6.45, 7) is 1.60. The van der Waals surface area contributed by atoms with E-state index in [-0.39, 0.29) is 11.7 Å². The molecule has 1 N–H and O–H groups in total. The SMILES string of the molecule is COc1cc2[nH]nc(N3C(=O)C=C(C)C3=O)c2cc1OC. The number of anilines is 1. The van der Waals surface area contributed by atoms with Gasteiger partial charge in [-0.3, -0.25) is 14.7 Å². The molecular formula is C14H13N3O4. The van der Waals surface area contributed by atoms with Gasteiger partial charge >= 0.3 is 0 Å². The van der Waals surface area contributed by atoms with Crippen LogP contribution in [0.3, 0.4) is 0 Å². The van der Waals surface area contributed by atoms with Crippen LogP contribution in [-0.4, -0.2) is 36.2 Å². The second kappa shape index (κ2) is 4.62. The van der Waals surface area contributed by atoms with E-state index in [4.69, 9.17) is 9.47 Å². The lowest BCUT2D eigenvalue weighted by Crippen LogP contribution is -2.31. The molecule has 0 saturated heterocycles. The molecule has 2 aromatic rings. The van der Waals surface area contributed by atoms with Crippen LogP contribution in [0.15, 0.2) is 23.8 Å². The van der Waals surface area contributed by atoms with Crippen LogP contribution < -0.4 is 14.4 Å². The fourth-order valence-corrected chi connectivity index (χ4v) is 2.29. The molecule has 1 aliphatic rings. The van der Waals surface area contributed by atoms with Crippen molar-refractivity contribution >= 4 is 28.5 Å². The number of nitrogens with one attached hydrogen (secondary N) is 1. The first kappa shape index (κ1) is 13.2. The molecule has 0 atom stereocenters. The Morgan fingerprint density at radius 3 is 2.38 bits per heavy atom. The van der Waals surface area contributed by atoms with E-state index in [1.165, 1.54) is 20.3 Å². The van der Waals surface area contributed by atoms with Gasteiger partial charge in [0.1, 0.15) is 0 Å². The van der Waals surface area contributed by atoms with E-state index in [2.05, 4.69) is 10.2 Å². The smallest absolute Gasteiger partial charge is 0.262 e. The van der Waals surface area contributed by atoms with Gasteiger partial charge in [0, 0.05) is 23.1 Å². The van der Waals surface area contributed by atoms with Crippen molar-refractivity contribution in [1.82, 2.24) is 10.2 Å². The van der Waals surface area contributed by atoms with E-state index in [1.807, 2.05) is 0 Å². The van der Waals surface area contributed by atoms with Gasteiger partial charge in [-0.15, -0.1) is 0 Å². The van der Waals surface area contributed by atoms with Crippen molar-refractivity contribution in [2.45, 2.75) is 6.92 Å². The lowest BCUT2D eigenvalue weighted by Gasteiger charge is -2.12. The zero-order valence-corrected chi connectivity index (χ0v) is 11.8. The van der Waals surface area contributed by atoms with Crippen molar-refractivity contribution in [3.05, 3.63) is 23.8 Å². The Labute approximate surface area is 120 Å². The normalized spacial score (nSPS) is 14.8. The Morgan fingerprint density at radius 1 is 1.14 bits per heavy atom. The van der Waals surface area contributed by atoms with E-state index in [0.29, 0.717) is 28.0 Å². The summed E-state index contributed by atoms with van der Waals surface area (Å²) < 4.78 is 10.4.